The smallest absolute Gasteiger partial charge is 0.0606 e. The first-order valence-electron chi connectivity index (χ1n) is 6.67. The summed E-state index contributed by atoms with van der Waals surface area (Å²) < 4.78 is 0. The Bertz CT molecular complexity index is 337. The summed E-state index contributed by atoms with van der Waals surface area (Å²) in [6.07, 6.45) is 1.89. The summed E-state index contributed by atoms with van der Waals surface area (Å²) in [5, 5.41) is 12.4. The van der Waals surface area contributed by atoms with Crippen LogP contribution in [0.2, 0.25) is 0 Å². The summed E-state index contributed by atoms with van der Waals surface area (Å²) in [5.41, 5.74) is 2.11. The van der Waals surface area contributed by atoms with Crippen LogP contribution in [0.1, 0.15) is 39.4 Å². The molecule has 0 fully saturated rings. The molecule has 1 aromatic heterocycles. The van der Waals surface area contributed by atoms with Gasteiger partial charge in [0.1, 0.15) is 0 Å². The Kier molecular flexibility index (Phi) is 6.09. The SMILES string of the molecule is CCNC(C)c1ccc(N(CCO)C(C)C)cn1. The molecule has 0 spiro atoms. The molecule has 18 heavy (non-hydrogen) atoms. The fraction of sp³-hybridized carbons (Fsp3) is 0.643. The third-order valence-electron chi connectivity index (χ3n) is 3.02. The lowest BCUT2D eigenvalue weighted by Crippen LogP contribution is -2.33. The van der Waals surface area contributed by atoms with Crippen LogP contribution in [-0.4, -0.2) is 35.8 Å². The fourth-order valence-electron chi connectivity index (χ4n) is 2.03. The molecule has 0 saturated carbocycles. The standard InChI is InChI=1S/C14H25N3O/c1-5-15-12(4)14-7-6-13(10-16-14)17(8-9-18)11(2)3/h6-7,10-12,15,18H,5,8-9H2,1-4H3. The number of rotatable bonds is 7. The van der Waals surface area contributed by atoms with Crippen molar-refractivity contribution in [1.29, 1.82) is 0 Å². The average molecular weight is 251 g/mol. The van der Waals surface area contributed by atoms with E-state index >= 15 is 0 Å². The van der Waals surface area contributed by atoms with Gasteiger partial charge in [-0.1, -0.05) is 6.92 Å². The highest BCUT2D eigenvalue weighted by molar-refractivity contribution is 5.45. The average Bonchev–Trinajstić information content (AvgIpc) is 2.36. The van der Waals surface area contributed by atoms with Crippen LogP contribution in [0.25, 0.3) is 0 Å². The molecule has 1 aromatic rings. The van der Waals surface area contributed by atoms with E-state index in [1.54, 1.807) is 0 Å². The molecule has 1 rings (SSSR count). The van der Waals surface area contributed by atoms with Crippen molar-refractivity contribution in [3.63, 3.8) is 0 Å². The van der Waals surface area contributed by atoms with E-state index in [4.69, 9.17) is 5.11 Å². The van der Waals surface area contributed by atoms with Crippen molar-refractivity contribution in [3.05, 3.63) is 24.0 Å². The summed E-state index contributed by atoms with van der Waals surface area (Å²) in [5.74, 6) is 0. The largest absolute Gasteiger partial charge is 0.395 e. The number of aliphatic hydroxyl groups excluding tert-OH is 1. The van der Waals surface area contributed by atoms with Crippen molar-refractivity contribution in [2.24, 2.45) is 0 Å². The van der Waals surface area contributed by atoms with Crippen LogP contribution in [0.5, 0.6) is 0 Å². The number of pyridine rings is 1. The van der Waals surface area contributed by atoms with Crippen LogP contribution in [-0.2, 0) is 0 Å². The topological polar surface area (TPSA) is 48.4 Å². The van der Waals surface area contributed by atoms with Crippen molar-refractivity contribution in [2.45, 2.75) is 39.8 Å². The lowest BCUT2D eigenvalue weighted by atomic mass is 10.2. The molecule has 1 heterocycles. The zero-order valence-corrected chi connectivity index (χ0v) is 11.8. The minimum atomic E-state index is 0.160. The second kappa shape index (κ2) is 7.34. The number of anilines is 1. The van der Waals surface area contributed by atoms with E-state index in [0.29, 0.717) is 12.6 Å². The van der Waals surface area contributed by atoms with E-state index in [0.717, 1.165) is 17.9 Å². The van der Waals surface area contributed by atoms with E-state index < -0.39 is 0 Å². The number of hydrogen-bond donors (Lipinski definition) is 2. The molecule has 0 saturated heterocycles. The highest BCUT2D eigenvalue weighted by Crippen LogP contribution is 2.18. The van der Waals surface area contributed by atoms with Gasteiger partial charge in [-0.2, -0.15) is 0 Å². The molecule has 102 valence electrons. The minimum absolute atomic E-state index is 0.160. The summed E-state index contributed by atoms with van der Waals surface area (Å²) in [6.45, 7) is 10.2. The molecule has 0 aliphatic rings. The molecule has 0 aromatic carbocycles. The van der Waals surface area contributed by atoms with Crippen molar-refractivity contribution >= 4 is 5.69 Å². The first-order valence-corrected chi connectivity index (χ1v) is 6.67. The number of nitrogens with zero attached hydrogens (tertiary/aromatic N) is 2. The highest BCUT2D eigenvalue weighted by atomic mass is 16.3. The molecule has 4 nitrogen and oxygen atoms in total. The quantitative estimate of drug-likeness (QED) is 0.778. The van der Waals surface area contributed by atoms with E-state index in [1.165, 1.54) is 0 Å². The van der Waals surface area contributed by atoms with E-state index in [-0.39, 0.29) is 12.6 Å². The molecule has 1 unspecified atom stereocenters. The van der Waals surface area contributed by atoms with Gasteiger partial charge in [0.25, 0.3) is 0 Å². The van der Waals surface area contributed by atoms with Gasteiger partial charge in [0.2, 0.25) is 0 Å². The monoisotopic (exact) mass is 251 g/mol. The third-order valence-corrected chi connectivity index (χ3v) is 3.02. The van der Waals surface area contributed by atoms with Gasteiger partial charge in [-0.15, -0.1) is 0 Å². The summed E-state index contributed by atoms with van der Waals surface area (Å²) in [6, 6.07) is 4.76. The van der Waals surface area contributed by atoms with Crippen molar-refractivity contribution < 1.29 is 5.11 Å². The zero-order valence-electron chi connectivity index (χ0n) is 11.8. The Hall–Kier alpha value is -1.13. The molecular weight excluding hydrogens is 226 g/mol. The molecule has 4 heteroatoms. The second-order valence-electron chi connectivity index (χ2n) is 4.73. The zero-order chi connectivity index (χ0) is 13.5. The number of hydrogen-bond acceptors (Lipinski definition) is 4. The van der Waals surface area contributed by atoms with Gasteiger partial charge >= 0.3 is 0 Å². The third kappa shape index (κ3) is 3.96. The van der Waals surface area contributed by atoms with Crippen LogP contribution in [0.4, 0.5) is 5.69 Å². The molecule has 1 atom stereocenters. The number of aliphatic hydroxyl groups is 1. The molecule has 0 radical (unpaired) electrons. The number of aromatic nitrogens is 1. The Balaban J connectivity index is 2.80. The molecule has 0 amide bonds. The summed E-state index contributed by atoms with van der Waals surface area (Å²) in [7, 11) is 0. The van der Waals surface area contributed by atoms with Gasteiger partial charge in [0.05, 0.1) is 24.2 Å². The summed E-state index contributed by atoms with van der Waals surface area (Å²) in [4.78, 5) is 6.64. The van der Waals surface area contributed by atoms with Gasteiger partial charge in [0, 0.05) is 18.6 Å². The maximum absolute atomic E-state index is 9.09. The molecule has 0 aliphatic carbocycles. The molecule has 0 bridgehead atoms. The van der Waals surface area contributed by atoms with Gasteiger partial charge < -0.3 is 15.3 Å². The van der Waals surface area contributed by atoms with Gasteiger partial charge in [-0.3, -0.25) is 4.98 Å². The maximum atomic E-state index is 9.09. The normalized spacial score (nSPS) is 12.8. The Labute approximate surface area is 110 Å². The maximum Gasteiger partial charge on any atom is 0.0606 e. The number of nitrogens with one attached hydrogen (secondary N) is 1. The van der Waals surface area contributed by atoms with Gasteiger partial charge in [-0.25, -0.2) is 0 Å². The van der Waals surface area contributed by atoms with E-state index in [9.17, 15) is 0 Å². The van der Waals surface area contributed by atoms with Crippen LogP contribution in [0.15, 0.2) is 18.3 Å². The van der Waals surface area contributed by atoms with Crippen molar-refractivity contribution in [2.75, 3.05) is 24.6 Å². The molecule has 2 N–H and O–H groups in total. The highest BCUT2D eigenvalue weighted by Gasteiger charge is 2.11. The molecular formula is C14H25N3O. The Morgan fingerprint density at radius 3 is 2.50 bits per heavy atom. The lowest BCUT2D eigenvalue weighted by Gasteiger charge is -2.28. The Morgan fingerprint density at radius 1 is 1.33 bits per heavy atom. The lowest BCUT2D eigenvalue weighted by molar-refractivity contribution is 0.299. The van der Waals surface area contributed by atoms with E-state index in [2.05, 4.69) is 55.0 Å². The first kappa shape index (κ1) is 14.9. The predicted molar refractivity (Wildman–Crippen MR) is 75.9 cm³/mol. The van der Waals surface area contributed by atoms with Gasteiger partial charge in [0.15, 0.2) is 0 Å². The van der Waals surface area contributed by atoms with Crippen LogP contribution >= 0.6 is 0 Å². The minimum Gasteiger partial charge on any atom is -0.395 e. The van der Waals surface area contributed by atoms with Crippen LogP contribution < -0.4 is 10.2 Å². The molecule has 0 aliphatic heterocycles. The fourth-order valence-corrected chi connectivity index (χ4v) is 2.03. The summed E-state index contributed by atoms with van der Waals surface area (Å²) >= 11 is 0. The van der Waals surface area contributed by atoms with E-state index in [1.807, 2.05) is 6.20 Å². The van der Waals surface area contributed by atoms with Crippen LogP contribution in [0, 0.1) is 0 Å². The van der Waals surface area contributed by atoms with Gasteiger partial charge in [-0.05, 0) is 39.4 Å². The first-order chi connectivity index (χ1) is 8.60. The Morgan fingerprint density at radius 2 is 2.06 bits per heavy atom. The second-order valence-corrected chi connectivity index (χ2v) is 4.73. The van der Waals surface area contributed by atoms with Crippen LogP contribution in [0.3, 0.4) is 0 Å². The van der Waals surface area contributed by atoms with Crippen molar-refractivity contribution in [1.82, 2.24) is 10.3 Å². The van der Waals surface area contributed by atoms with Crippen molar-refractivity contribution in [3.8, 4) is 0 Å². The predicted octanol–water partition coefficient (Wildman–Crippen LogP) is 1.96.